The van der Waals surface area contributed by atoms with Crippen molar-refractivity contribution in [2.24, 2.45) is 5.92 Å². The van der Waals surface area contributed by atoms with Gasteiger partial charge < -0.3 is 10.1 Å². The molecular weight excluding hydrogens is 310 g/mol. The van der Waals surface area contributed by atoms with E-state index in [-0.39, 0.29) is 0 Å². The lowest BCUT2D eigenvalue weighted by Gasteiger charge is -2.36. The highest BCUT2D eigenvalue weighted by Crippen LogP contribution is 2.14. The van der Waals surface area contributed by atoms with Crippen molar-refractivity contribution < 1.29 is 4.74 Å². The Morgan fingerprint density at radius 2 is 1.84 bits per heavy atom. The Hall–Kier alpha value is -0.940. The molecular formula is C21H35N3O. The zero-order chi connectivity index (χ0) is 17.5. The zero-order valence-electron chi connectivity index (χ0n) is 16.0. The van der Waals surface area contributed by atoms with E-state index in [1.807, 2.05) is 0 Å². The maximum absolute atomic E-state index is 5.97. The lowest BCUT2D eigenvalue weighted by atomic mass is 10.0. The van der Waals surface area contributed by atoms with Gasteiger partial charge in [0.2, 0.25) is 0 Å². The summed E-state index contributed by atoms with van der Waals surface area (Å²) in [5.74, 6) is 0.737. The molecule has 0 amide bonds. The number of nitrogens with one attached hydrogen (secondary N) is 1. The van der Waals surface area contributed by atoms with Crippen LogP contribution in [0.4, 0.5) is 0 Å². The molecule has 25 heavy (non-hydrogen) atoms. The fourth-order valence-corrected chi connectivity index (χ4v) is 4.02. The Bertz CT molecular complexity index is 485. The van der Waals surface area contributed by atoms with Crippen molar-refractivity contribution in [3.8, 4) is 0 Å². The van der Waals surface area contributed by atoms with E-state index in [4.69, 9.17) is 4.74 Å². The highest BCUT2D eigenvalue weighted by Gasteiger charge is 2.23. The SMILES string of the molecule is CC(C)CN1CCO[C@H](CNC2CCN(Cc3ccccc3)CC2)C1. The van der Waals surface area contributed by atoms with Crippen LogP contribution >= 0.6 is 0 Å². The molecule has 2 fully saturated rings. The first kappa shape index (κ1) is 18.8. The first-order chi connectivity index (χ1) is 12.2. The summed E-state index contributed by atoms with van der Waals surface area (Å²) in [5.41, 5.74) is 1.43. The van der Waals surface area contributed by atoms with Gasteiger partial charge in [-0.3, -0.25) is 9.80 Å². The molecule has 2 aliphatic rings. The average Bonchev–Trinajstić information content (AvgIpc) is 2.62. The molecule has 2 saturated heterocycles. The lowest BCUT2D eigenvalue weighted by molar-refractivity contribution is -0.0320. The third-order valence-electron chi connectivity index (χ3n) is 5.32. The molecule has 0 saturated carbocycles. The van der Waals surface area contributed by atoms with Gasteiger partial charge >= 0.3 is 0 Å². The number of ether oxygens (including phenoxy) is 1. The summed E-state index contributed by atoms with van der Waals surface area (Å²) in [5, 5.41) is 3.77. The van der Waals surface area contributed by atoms with Crippen molar-refractivity contribution in [1.29, 1.82) is 0 Å². The van der Waals surface area contributed by atoms with E-state index in [1.165, 1.54) is 38.0 Å². The quantitative estimate of drug-likeness (QED) is 0.822. The van der Waals surface area contributed by atoms with Gasteiger partial charge in [-0.05, 0) is 37.4 Å². The summed E-state index contributed by atoms with van der Waals surface area (Å²) in [4.78, 5) is 5.14. The van der Waals surface area contributed by atoms with E-state index in [9.17, 15) is 0 Å². The van der Waals surface area contributed by atoms with Gasteiger partial charge in [-0.15, -0.1) is 0 Å². The number of benzene rings is 1. The highest BCUT2D eigenvalue weighted by atomic mass is 16.5. The Labute approximate surface area is 153 Å². The fraction of sp³-hybridized carbons (Fsp3) is 0.714. The van der Waals surface area contributed by atoms with Crippen LogP contribution in [0.15, 0.2) is 30.3 Å². The molecule has 1 N–H and O–H groups in total. The van der Waals surface area contributed by atoms with Gasteiger partial charge in [-0.25, -0.2) is 0 Å². The van der Waals surface area contributed by atoms with Crippen molar-refractivity contribution in [1.82, 2.24) is 15.1 Å². The lowest BCUT2D eigenvalue weighted by Crippen LogP contribution is -2.50. The van der Waals surface area contributed by atoms with E-state index >= 15 is 0 Å². The van der Waals surface area contributed by atoms with Gasteiger partial charge in [0.25, 0.3) is 0 Å². The van der Waals surface area contributed by atoms with Crippen LogP contribution in [-0.2, 0) is 11.3 Å². The molecule has 0 spiro atoms. The van der Waals surface area contributed by atoms with Crippen molar-refractivity contribution >= 4 is 0 Å². The first-order valence-corrected chi connectivity index (χ1v) is 10.0. The summed E-state index contributed by atoms with van der Waals surface area (Å²) in [6, 6.07) is 11.5. The third kappa shape index (κ3) is 6.37. The normalized spacial score (nSPS) is 24.0. The van der Waals surface area contributed by atoms with E-state index in [0.29, 0.717) is 12.1 Å². The van der Waals surface area contributed by atoms with Crippen molar-refractivity contribution in [2.45, 2.75) is 45.4 Å². The molecule has 2 aliphatic heterocycles. The molecule has 0 unspecified atom stereocenters. The minimum Gasteiger partial charge on any atom is -0.374 e. The maximum Gasteiger partial charge on any atom is 0.0826 e. The summed E-state index contributed by atoms with van der Waals surface area (Å²) < 4.78 is 5.97. The van der Waals surface area contributed by atoms with Crippen LogP contribution in [0, 0.1) is 5.92 Å². The Morgan fingerprint density at radius 1 is 1.08 bits per heavy atom. The number of nitrogens with zero attached hydrogens (tertiary/aromatic N) is 2. The molecule has 3 rings (SSSR count). The number of morpholine rings is 1. The number of rotatable bonds is 7. The number of piperidine rings is 1. The second-order valence-corrected chi connectivity index (χ2v) is 8.09. The average molecular weight is 346 g/mol. The summed E-state index contributed by atoms with van der Waals surface area (Å²) in [6.45, 7) is 13.3. The molecule has 0 radical (unpaired) electrons. The first-order valence-electron chi connectivity index (χ1n) is 10.0. The largest absolute Gasteiger partial charge is 0.374 e. The van der Waals surface area contributed by atoms with Crippen LogP contribution in [0.5, 0.6) is 0 Å². The molecule has 0 aliphatic carbocycles. The van der Waals surface area contributed by atoms with E-state index in [1.54, 1.807) is 0 Å². The molecule has 1 aromatic rings. The third-order valence-corrected chi connectivity index (χ3v) is 5.32. The Morgan fingerprint density at radius 3 is 2.56 bits per heavy atom. The van der Waals surface area contributed by atoms with Crippen LogP contribution in [0.2, 0.25) is 0 Å². The second kappa shape index (κ2) is 9.67. The standard InChI is InChI=1S/C21H35N3O/c1-18(2)15-24-12-13-25-21(17-24)14-22-20-8-10-23(11-9-20)16-19-6-4-3-5-7-19/h3-7,18,20-22H,8-17H2,1-2H3/t21-/m1/s1. The minimum absolute atomic E-state index is 0.356. The predicted octanol–water partition coefficient (Wildman–Crippen LogP) is 2.60. The molecule has 0 aromatic heterocycles. The summed E-state index contributed by atoms with van der Waals surface area (Å²) >= 11 is 0. The van der Waals surface area contributed by atoms with Gasteiger partial charge in [0, 0.05) is 38.8 Å². The minimum atomic E-state index is 0.356. The number of hydrogen-bond donors (Lipinski definition) is 1. The van der Waals surface area contributed by atoms with Crippen molar-refractivity contribution in [2.75, 3.05) is 45.9 Å². The molecule has 0 bridgehead atoms. The molecule has 4 heteroatoms. The summed E-state index contributed by atoms with van der Waals surface area (Å²) in [6.07, 6.45) is 2.85. The Kier molecular flexibility index (Phi) is 7.29. The van der Waals surface area contributed by atoms with Gasteiger partial charge in [0.05, 0.1) is 12.7 Å². The number of likely N-dealkylation sites (tertiary alicyclic amines) is 1. The highest BCUT2D eigenvalue weighted by molar-refractivity contribution is 5.14. The van der Waals surface area contributed by atoms with Gasteiger partial charge in [0.15, 0.2) is 0 Å². The van der Waals surface area contributed by atoms with Gasteiger partial charge in [-0.2, -0.15) is 0 Å². The Balaban J connectivity index is 1.34. The van der Waals surface area contributed by atoms with E-state index in [0.717, 1.165) is 38.7 Å². The monoisotopic (exact) mass is 345 g/mol. The van der Waals surface area contributed by atoms with Gasteiger partial charge in [0.1, 0.15) is 0 Å². The topological polar surface area (TPSA) is 27.7 Å². The fourth-order valence-electron chi connectivity index (χ4n) is 4.02. The van der Waals surface area contributed by atoms with E-state index < -0.39 is 0 Å². The second-order valence-electron chi connectivity index (χ2n) is 8.09. The predicted molar refractivity (Wildman–Crippen MR) is 104 cm³/mol. The van der Waals surface area contributed by atoms with Crippen LogP contribution in [0.3, 0.4) is 0 Å². The zero-order valence-corrected chi connectivity index (χ0v) is 16.0. The maximum atomic E-state index is 5.97. The molecule has 140 valence electrons. The molecule has 1 atom stereocenters. The number of hydrogen-bond acceptors (Lipinski definition) is 4. The van der Waals surface area contributed by atoms with E-state index in [2.05, 4.69) is 59.3 Å². The van der Waals surface area contributed by atoms with Crippen molar-refractivity contribution in [3.05, 3.63) is 35.9 Å². The van der Waals surface area contributed by atoms with Crippen LogP contribution in [0.1, 0.15) is 32.3 Å². The van der Waals surface area contributed by atoms with Crippen LogP contribution in [-0.4, -0.2) is 67.8 Å². The molecule has 4 nitrogen and oxygen atoms in total. The van der Waals surface area contributed by atoms with Gasteiger partial charge in [-0.1, -0.05) is 44.2 Å². The van der Waals surface area contributed by atoms with Crippen LogP contribution < -0.4 is 5.32 Å². The summed E-state index contributed by atoms with van der Waals surface area (Å²) in [7, 11) is 0. The molecule has 2 heterocycles. The smallest absolute Gasteiger partial charge is 0.0826 e. The molecule has 1 aromatic carbocycles. The van der Waals surface area contributed by atoms with Crippen molar-refractivity contribution in [3.63, 3.8) is 0 Å². The van der Waals surface area contributed by atoms with Crippen LogP contribution in [0.25, 0.3) is 0 Å².